The summed E-state index contributed by atoms with van der Waals surface area (Å²) in [6.45, 7) is 0.204. The van der Waals surface area contributed by atoms with Gasteiger partial charge >= 0.3 is 6.03 Å². The molecule has 32 heavy (non-hydrogen) atoms. The fraction of sp³-hybridized carbons (Fsp3) is 0.0417. The molecule has 0 saturated carbocycles. The summed E-state index contributed by atoms with van der Waals surface area (Å²) in [6, 6.07) is 19.6. The molecule has 160 valence electrons. The number of rotatable bonds is 5. The Balaban J connectivity index is 1.64. The highest BCUT2D eigenvalue weighted by molar-refractivity contribution is 6.39. The van der Waals surface area contributed by atoms with Crippen molar-refractivity contribution < 1.29 is 19.1 Å². The molecule has 0 spiro atoms. The summed E-state index contributed by atoms with van der Waals surface area (Å²) in [4.78, 5) is 38.7. The second kappa shape index (κ2) is 9.26. The van der Waals surface area contributed by atoms with Gasteiger partial charge in [-0.25, -0.2) is 9.69 Å². The lowest BCUT2D eigenvalue weighted by atomic mass is 10.1. The van der Waals surface area contributed by atoms with Crippen LogP contribution >= 0.6 is 23.2 Å². The van der Waals surface area contributed by atoms with E-state index in [1.807, 2.05) is 18.2 Å². The number of para-hydroxylation sites is 1. The SMILES string of the molecule is O=C1NC(=O)N(c2ccc(Cl)cc2)C(=O)/C1=C/c1ccccc1OCc1ccccc1Cl. The number of anilines is 1. The van der Waals surface area contributed by atoms with Gasteiger partial charge in [-0.2, -0.15) is 0 Å². The number of urea groups is 1. The van der Waals surface area contributed by atoms with E-state index in [1.165, 1.54) is 18.2 Å². The van der Waals surface area contributed by atoms with E-state index in [2.05, 4.69) is 5.32 Å². The van der Waals surface area contributed by atoms with Gasteiger partial charge in [0.1, 0.15) is 17.9 Å². The number of barbiturate groups is 1. The van der Waals surface area contributed by atoms with Crippen LogP contribution in [-0.4, -0.2) is 17.8 Å². The van der Waals surface area contributed by atoms with Crippen LogP contribution in [-0.2, 0) is 16.2 Å². The second-order valence-electron chi connectivity index (χ2n) is 6.85. The van der Waals surface area contributed by atoms with Crippen LogP contribution < -0.4 is 15.0 Å². The van der Waals surface area contributed by atoms with Crippen molar-refractivity contribution in [3.63, 3.8) is 0 Å². The molecule has 0 unspecified atom stereocenters. The third kappa shape index (κ3) is 4.51. The molecule has 1 saturated heterocycles. The highest BCUT2D eigenvalue weighted by atomic mass is 35.5. The van der Waals surface area contributed by atoms with Gasteiger partial charge < -0.3 is 4.74 Å². The van der Waals surface area contributed by atoms with E-state index < -0.39 is 17.8 Å². The smallest absolute Gasteiger partial charge is 0.335 e. The van der Waals surface area contributed by atoms with Crippen LogP contribution in [0.25, 0.3) is 6.08 Å². The third-order valence-corrected chi connectivity index (χ3v) is 5.37. The summed E-state index contributed by atoms with van der Waals surface area (Å²) in [5.41, 5.74) is 1.39. The minimum Gasteiger partial charge on any atom is -0.488 e. The predicted octanol–water partition coefficient (Wildman–Crippen LogP) is 5.24. The fourth-order valence-electron chi connectivity index (χ4n) is 3.14. The molecule has 0 aliphatic carbocycles. The average molecular weight is 467 g/mol. The largest absolute Gasteiger partial charge is 0.488 e. The number of halogens is 2. The summed E-state index contributed by atoms with van der Waals surface area (Å²) >= 11 is 12.1. The molecule has 3 aromatic carbocycles. The molecule has 4 rings (SSSR count). The van der Waals surface area contributed by atoms with Gasteiger partial charge in [0.25, 0.3) is 11.8 Å². The first-order valence-corrected chi connectivity index (χ1v) is 10.3. The van der Waals surface area contributed by atoms with Crippen molar-refractivity contribution >= 4 is 52.8 Å². The summed E-state index contributed by atoms with van der Waals surface area (Å²) in [7, 11) is 0. The maximum Gasteiger partial charge on any atom is 0.335 e. The first-order chi connectivity index (χ1) is 15.4. The average Bonchev–Trinajstić information content (AvgIpc) is 2.78. The number of benzene rings is 3. The van der Waals surface area contributed by atoms with Crippen LogP contribution in [0.2, 0.25) is 10.0 Å². The lowest BCUT2D eigenvalue weighted by Gasteiger charge is -2.26. The first kappa shape index (κ1) is 21.6. The molecule has 0 atom stereocenters. The summed E-state index contributed by atoms with van der Waals surface area (Å²) < 4.78 is 5.89. The Morgan fingerprint density at radius 2 is 1.56 bits per heavy atom. The maximum absolute atomic E-state index is 13.1. The zero-order chi connectivity index (χ0) is 22.7. The highest BCUT2D eigenvalue weighted by Crippen LogP contribution is 2.27. The number of hydrogen-bond acceptors (Lipinski definition) is 4. The molecule has 0 radical (unpaired) electrons. The zero-order valence-corrected chi connectivity index (χ0v) is 18.1. The van der Waals surface area contributed by atoms with Crippen molar-refractivity contribution in [3.05, 3.63) is 99.5 Å². The monoisotopic (exact) mass is 466 g/mol. The Morgan fingerprint density at radius 1 is 0.875 bits per heavy atom. The van der Waals surface area contributed by atoms with Crippen LogP contribution in [0.3, 0.4) is 0 Å². The van der Waals surface area contributed by atoms with Gasteiger partial charge in [-0.15, -0.1) is 0 Å². The number of hydrogen-bond donors (Lipinski definition) is 1. The summed E-state index contributed by atoms with van der Waals surface area (Å²) in [5.74, 6) is -1.08. The van der Waals surface area contributed by atoms with Crippen molar-refractivity contribution in [2.75, 3.05) is 4.90 Å². The second-order valence-corrected chi connectivity index (χ2v) is 7.70. The first-order valence-electron chi connectivity index (χ1n) is 9.56. The van der Waals surface area contributed by atoms with E-state index in [9.17, 15) is 14.4 Å². The number of imide groups is 2. The quantitative estimate of drug-likeness (QED) is 0.412. The highest BCUT2D eigenvalue weighted by Gasteiger charge is 2.36. The van der Waals surface area contributed by atoms with Crippen molar-refractivity contribution in [1.82, 2.24) is 5.32 Å². The van der Waals surface area contributed by atoms with Gasteiger partial charge in [0.05, 0.1) is 5.69 Å². The van der Waals surface area contributed by atoms with Gasteiger partial charge in [-0.05, 0) is 42.5 Å². The number of nitrogens with one attached hydrogen (secondary N) is 1. The van der Waals surface area contributed by atoms with Crippen molar-refractivity contribution in [3.8, 4) is 5.75 Å². The summed E-state index contributed by atoms with van der Waals surface area (Å²) in [6.07, 6.45) is 1.40. The molecule has 1 fully saturated rings. The van der Waals surface area contributed by atoms with Crippen molar-refractivity contribution in [2.24, 2.45) is 0 Å². The predicted molar refractivity (Wildman–Crippen MR) is 123 cm³/mol. The van der Waals surface area contributed by atoms with Gasteiger partial charge in [0, 0.05) is 21.2 Å². The van der Waals surface area contributed by atoms with E-state index in [-0.39, 0.29) is 12.2 Å². The minimum absolute atomic E-state index is 0.201. The lowest BCUT2D eigenvalue weighted by molar-refractivity contribution is -0.122. The van der Waals surface area contributed by atoms with E-state index in [0.29, 0.717) is 27.0 Å². The lowest BCUT2D eigenvalue weighted by Crippen LogP contribution is -2.54. The molecule has 8 heteroatoms. The maximum atomic E-state index is 13.1. The molecule has 1 aliphatic rings. The van der Waals surface area contributed by atoms with Gasteiger partial charge in [0.15, 0.2) is 0 Å². The molecule has 1 heterocycles. The molecule has 1 N–H and O–H groups in total. The topological polar surface area (TPSA) is 75.7 Å². The van der Waals surface area contributed by atoms with Gasteiger partial charge in [-0.3, -0.25) is 14.9 Å². The molecule has 3 aromatic rings. The van der Waals surface area contributed by atoms with E-state index in [1.54, 1.807) is 42.5 Å². The molecular formula is C24H16Cl2N2O4. The van der Waals surface area contributed by atoms with Gasteiger partial charge in [-0.1, -0.05) is 59.6 Å². The Labute approximate surface area is 194 Å². The molecular weight excluding hydrogens is 451 g/mol. The van der Waals surface area contributed by atoms with E-state index in [4.69, 9.17) is 27.9 Å². The zero-order valence-electron chi connectivity index (χ0n) is 16.5. The number of nitrogens with zero attached hydrogens (tertiary/aromatic N) is 1. The Morgan fingerprint density at radius 3 is 2.31 bits per heavy atom. The van der Waals surface area contributed by atoms with E-state index >= 15 is 0 Å². The van der Waals surface area contributed by atoms with Crippen molar-refractivity contribution in [1.29, 1.82) is 0 Å². The minimum atomic E-state index is -0.831. The van der Waals surface area contributed by atoms with E-state index in [0.717, 1.165) is 10.5 Å². The summed E-state index contributed by atoms with van der Waals surface area (Å²) in [5, 5.41) is 3.22. The van der Waals surface area contributed by atoms with Crippen LogP contribution in [0, 0.1) is 0 Å². The molecule has 6 nitrogen and oxygen atoms in total. The fourth-order valence-corrected chi connectivity index (χ4v) is 3.46. The number of ether oxygens (including phenoxy) is 1. The Kier molecular flexibility index (Phi) is 6.25. The Hall–Kier alpha value is -3.61. The van der Waals surface area contributed by atoms with Gasteiger partial charge in [0.2, 0.25) is 0 Å². The molecule has 1 aliphatic heterocycles. The van der Waals surface area contributed by atoms with Crippen LogP contribution in [0.5, 0.6) is 5.75 Å². The third-order valence-electron chi connectivity index (χ3n) is 4.75. The van der Waals surface area contributed by atoms with Crippen LogP contribution in [0.4, 0.5) is 10.5 Å². The normalized spacial score (nSPS) is 15.1. The number of carbonyl (C=O) groups excluding carboxylic acids is 3. The molecule has 0 bridgehead atoms. The number of amides is 4. The van der Waals surface area contributed by atoms with Crippen LogP contribution in [0.1, 0.15) is 11.1 Å². The molecule has 4 amide bonds. The van der Waals surface area contributed by atoms with Crippen molar-refractivity contribution in [2.45, 2.75) is 6.61 Å². The molecule has 0 aromatic heterocycles. The standard InChI is InChI=1S/C24H16Cl2N2O4/c25-17-9-11-18(12-10-17)28-23(30)19(22(29)27-24(28)31)13-15-5-2-4-8-21(15)32-14-16-6-1-3-7-20(16)26/h1-13H,14H2,(H,27,29,31)/b19-13+. The van der Waals surface area contributed by atoms with Crippen LogP contribution in [0.15, 0.2) is 78.4 Å². The Bertz CT molecular complexity index is 1240. The number of carbonyl (C=O) groups is 3.